The van der Waals surface area contributed by atoms with E-state index in [1.165, 1.54) is 43.2 Å². The molecule has 1 aliphatic heterocycles. The number of aliphatic imine (C=N–C) groups is 1. The van der Waals surface area contributed by atoms with Crippen LogP contribution in [-0.2, 0) is 17.9 Å². The van der Waals surface area contributed by atoms with Crippen LogP contribution >= 0.6 is 0 Å². The molecule has 0 radical (unpaired) electrons. The van der Waals surface area contributed by atoms with E-state index in [2.05, 4.69) is 53.4 Å². The molecule has 2 aliphatic rings. The maximum absolute atomic E-state index is 11.6. The van der Waals surface area contributed by atoms with Crippen LogP contribution in [0.2, 0.25) is 0 Å². The summed E-state index contributed by atoms with van der Waals surface area (Å²) in [6, 6.07) is 9.44. The van der Waals surface area contributed by atoms with E-state index in [1.807, 2.05) is 4.90 Å². The normalized spacial score (nSPS) is 18.7. The van der Waals surface area contributed by atoms with Crippen LogP contribution in [0.15, 0.2) is 29.3 Å². The van der Waals surface area contributed by atoms with Gasteiger partial charge in [-0.25, -0.2) is 4.99 Å². The quantitative estimate of drug-likeness (QED) is 0.575. The van der Waals surface area contributed by atoms with E-state index in [0.29, 0.717) is 12.6 Å². The molecule has 166 valence electrons. The maximum atomic E-state index is 11.6. The molecule has 0 unspecified atom stereocenters. The Balaban J connectivity index is 1.65. The number of carbonyl (C=O) groups excluding carboxylic acids is 1. The minimum atomic E-state index is 0.160. The molecular weight excluding hydrogens is 374 g/mol. The second-order valence-electron chi connectivity index (χ2n) is 8.64. The van der Waals surface area contributed by atoms with Gasteiger partial charge in [-0.15, -0.1) is 0 Å². The highest BCUT2D eigenvalue weighted by atomic mass is 16.2. The molecule has 0 bridgehead atoms. The number of amides is 1. The zero-order valence-electron chi connectivity index (χ0n) is 19.1. The van der Waals surface area contributed by atoms with Crippen LogP contribution < -0.4 is 5.32 Å². The van der Waals surface area contributed by atoms with Crippen LogP contribution in [0, 0.1) is 0 Å². The molecule has 1 heterocycles. The first-order chi connectivity index (χ1) is 14.6. The van der Waals surface area contributed by atoms with Gasteiger partial charge in [0.25, 0.3) is 0 Å². The van der Waals surface area contributed by atoms with Gasteiger partial charge in [0.2, 0.25) is 5.91 Å². The van der Waals surface area contributed by atoms with Gasteiger partial charge in [0.05, 0.1) is 6.54 Å². The summed E-state index contributed by atoms with van der Waals surface area (Å²) in [7, 11) is 2.27. The Labute approximate surface area is 182 Å². The lowest BCUT2D eigenvalue weighted by molar-refractivity contribution is -0.130. The van der Waals surface area contributed by atoms with Crippen LogP contribution in [-0.4, -0.2) is 72.4 Å². The van der Waals surface area contributed by atoms with E-state index in [0.717, 1.165) is 45.2 Å². The standard InChI is InChI=1S/C24H39N5O/c1-4-25-24(29-16-14-28(15-17-29)20(2)30)26-18-21-10-8-9-11-22(21)19-27(3)23-12-6-5-7-13-23/h8-11,23H,4-7,12-19H2,1-3H3,(H,25,26). The van der Waals surface area contributed by atoms with Crippen molar-refractivity contribution in [3.63, 3.8) is 0 Å². The van der Waals surface area contributed by atoms with Crippen molar-refractivity contribution in [1.82, 2.24) is 20.0 Å². The average molecular weight is 414 g/mol. The molecule has 1 aliphatic carbocycles. The molecule has 1 saturated carbocycles. The monoisotopic (exact) mass is 413 g/mol. The van der Waals surface area contributed by atoms with Gasteiger partial charge in [-0.05, 0) is 37.9 Å². The second kappa shape index (κ2) is 11.3. The Hall–Kier alpha value is -2.08. The van der Waals surface area contributed by atoms with Crippen LogP contribution in [0.4, 0.5) is 0 Å². The van der Waals surface area contributed by atoms with Crippen LogP contribution in [0.25, 0.3) is 0 Å². The molecule has 1 amide bonds. The first-order valence-electron chi connectivity index (χ1n) is 11.6. The number of nitrogens with zero attached hydrogens (tertiary/aromatic N) is 4. The SMILES string of the molecule is CCNC(=NCc1ccccc1CN(C)C1CCCCC1)N1CCN(C(C)=O)CC1. The molecule has 3 rings (SSSR count). The molecule has 6 nitrogen and oxygen atoms in total. The van der Waals surface area contributed by atoms with Crippen molar-refractivity contribution in [2.45, 2.75) is 65.1 Å². The first-order valence-corrected chi connectivity index (χ1v) is 11.6. The van der Waals surface area contributed by atoms with Crippen molar-refractivity contribution in [3.8, 4) is 0 Å². The van der Waals surface area contributed by atoms with Crippen molar-refractivity contribution in [3.05, 3.63) is 35.4 Å². The third-order valence-electron chi connectivity index (χ3n) is 6.49. The van der Waals surface area contributed by atoms with Gasteiger partial charge < -0.3 is 15.1 Å². The number of carbonyl (C=O) groups is 1. The smallest absolute Gasteiger partial charge is 0.219 e. The summed E-state index contributed by atoms with van der Waals surface area (Å²) in [6.07, 6.45) is 6.78. The van der Waals surface area contributed by atoms with E-state index in [9.17, 15) is 4.79 Å². The lowest BCUT2D eigenvalue weighted by Crippen LogP contribution is -2.53. The highest BCUT2D eigenvalue weighted by Crippen LogP contribution is 2.23. The number of nitrogens with one attached hydrogen (secondary N) is 1. The minimum absolute atomic E-state index is 0.160. The van der Waals surface area contributed by atoms with Crippen LogP contribution in [0.5, 0.6) is 0 Å². The predicted octanol–water partition coefficient (Wildman–Crippen LogP) is 3.08. The molecule has 1 saturated heterocycles. The fourth-order valence-electron chi connectivity index (χ4n) is 4.60. The first kappa shape index (κ1) is 22.6. The summed E-state index contributed by atoms with van der Waals surface area (Å²) in [4.78, 5) is 23.3. The lowest BCUT2D eigenvalue weighted by Gasteiger charge is -2.36. The Morgan fingerprint density at radius 1 is 1.07 bits per heavy atom. The van der Waals surface area contributed by atoms with E-state index in [1.54, 1.807) is 6.92 Å². The van der Waals surface area contributed by atoms with Gasteiger partial charge in [0, 0.05) is 52.2 Å². The zero-order valence-corrected chi connectivity index (χ0v) is 19.1. The maximum Gasteiger partial charge on any atom is 0.219 e. The van der Waals surface area contributed by atoms with E-state index in [-0.39, 0.29) is 5.91 Å². The molecule has 1 N–H and O–H groups in total. The van der Waals surface area contributed by atoms with Crippen molar-refractivity contribution in [2.24, 2.45) is 4.99 Å². The number of rotatable bonds is 6. The molecule has 0 aromatic heterocycles. The van der Waals surface area contributed by atoms with Gasteiger partial charge in [-0.2, -0.15) is 0 Å². The number of hydrogen-bond acceptors (Lipinski definition) is 3. The van der Waals surface area contributed by atoms with Gasteiger partial charge in [-0.3, -0.25) is 9.69 Å². The minimum Gasteiger partial charge on any atom is -0.357 e. The largest absolute Gasteiger partial charge is 0.357 e. The highest BCUT2D eigenvalue weighted by molar-refractivity contribution is 5.80. The Bertz CT molecular complexity index is 705. The van der Waals surface area contributed by atoms with Gasteiger partial charge in [-0.1, -0.05) is 43.5 Å². The fraction of sp³-hybridized carbons (Fsp3) is 0.667. The molecule has 0 spiro atoms. The molecule has 1 aromatic carbocycles. The molecule has 30 heavy (non-hydrogen) atoms. The van der Waals surface area contributed by atoms with Crippen LogP contribution in [0.3, 0.4) is 0 Å². The molecule has 6 heteroatoms. The third-order valence-corrected chi connectivity index (χ3v) is 6.49. The molecule has 1 aromatic rings. The van der Waals surface area contributed by atoms with Crippen molar-refractivity contribution in [1.29, 1.82) is 0 Å². The Morgan fingerprint density at radius 2 is 1.70 bits per heavy atom. The third kappa shape index (κ3) is 6.21. The van der Waals surface area contributed by atoms with E-state index in [4.69, 9.17) is 4.99 Å². The fourth-order valence-corrected chi connectivity index (χ4v) is 4.60. The van der Waals surface area contributed by atoms with Crippen molar-refractivity contribution >= 4 is 11.9 Å². The Morgan fingerprint density at radius 3 is 2.33 bits per heavy atom. The summed E-state index contributed by atoms with van der Waals surface area (Å²) < 4.78 is 0. The number of piperazine rings is 1. The Kier molecular flexibility index (Phi) is 8.55. The summed E-state index contributed by atoms with van der Waals surface area (Å²) in [5.74, 6) is 1.11. The van der Waals surface area contributed by atoms with Crippen molar-refractivity contribution < 1.29 is 4.79 Å². The summed E-state index contributed by atoms with van der Waals surface area (Å²) >= 11 is 0. The highest BCUT2D eigenvalue weighted by Gasteiger charge is 2.21. The van der Waals surface area contributed by atoms with Crippen molar-refractivity contribution in [2.75, 3.05) is 39.8 Å². The summed E-state index contributed by atoms with van der Waals surface area (Å²) in [6.45, 7) is 9.47. The molecular formula is C24H39N5O. The molecule has 2 fully saturated rings. The molecule has 0 atom stereocenters. The number of guanidine groups is 1. The summed E-state index contributed by atoms with van der Waals surface area (Å²) in [5.41, 5.74) is 2.68. The van der Waals surface area contributed by atoms with Crippen LogP contribution in [0.1, 0.15) is 57.1 Å². The van der Waals surface area contributed by atoms with Gasteiger partial charge in [0.15, 0.2) is 5.96 Å². The number of hydrogen-bond donors (Lipinski definition) is 1. The van der Waals surface area contributed by atoms with E-state index < -0.39 is 0 Å². The zero-order chi connectivity index (χ0) is 21.3. The second-order valence-corrected chi connectivity index (χ2v) is 8.64. The number of benzene rings is 1. The predicted molar refractivity (Wildman–Crippen MR) is 123 cm³/mol. The van der Waals surface area contributed by atoms with Gasteiger partial charge >= 0.3 is 0 Å². The average Bonchev–Trinajstić information content (AvgIpc) is 2.78. The van der Waals surface area contributed by atoms with Gasteiger partial charge in [0.1, 0.15) is 0 Å². The lowest BCUT2D eigenvalue weighted by atomic mass is 9.94. The summed E-state index contributed by atoms with van der Waals surface area (Å²) in [5, 5.41) is 3.44. The topological polar surface area (TPSA) is 51.2 Å². The van der Waals surface area contributed by atoms with E-state index >= 15 is 0 Å².